The molecule has 5 N–H and O–H groups in total. The SMILES string of the molecule is CC(C)[C@H](NNC(=O)CCOCCOCCN)C(=O)O. The van der Waals surface area contributed by atoms with E-state index in [0.29, 0.717) is 26.4 Å². The smallest absolute Gasteiger partial charge is 0.322 e. The Balaban J connectivity index is 3.61. The van der Waals surface area contributed by atoms with Crippen molar-refractivity contribution in [3.8, 4) is 0 Å². The third kappa shape index (κ3) is 9.68. The normalized spacial score (nSPS) is 12.4. The van der Waals surface area contributed by atoms with Gasteiger partial charge in [-0.05, 0) is 5.92 Å². The van der Waals surface area contributed by atoms with E-state index < -0.39 is 12.0 Å². The van der Waals surface area contributed by atoms with Crippen LogP contribution in [0, 0.1) is 5.92 Å². The first kappa shape index (κ1) is 18.8. The monoisotopic (exact) mass is 291 g/mol. The average Bonchev–Trinajstić information content (AvgIpc) is 2.37. The highest BCUT2D eigenvalue weighted by Crippen LogP contribution is 2.00. The highest BCUT2D eigenvalue weighted by Gasteiger charge is 2.21. The molecule has 0 aliphatic heterocycles. The molecule has 0 aromatic carbocycles. The Morgan fingerprint density at radius 3 is 2.25 bits per heavy atom. The lowest BCUT2D eigenvalue weighted by Gasteiger charge is -2.18. The number of hydrogen-bond acceptors (Lipinski definition) is 6. The maximum absolute atomic E-state index is 11.4. The molecule has 0 radical (unpaired) electrons. The number of hydrogen-bond donors (Lipinski definition) is 4. The van der Waals surface area contributed by atoms with Gasteiger partial charge in [-0.15, -0.1) is 0 Å². The summed E-state index contributed by atoms with van der Waals surface area (Å²) in [6.45, 7) is 5.54. The zero-order valence-electron chi connectivity index (χ0n) is 12.1. The summed E-state index contributed by atoms with van der Waals surface area (Å²) < 4.78 is 10.3. The van der Waals surface area contributed by atoms with Crippen molar-refractivity contribution in [2.75, 3.05) is 33.0 Å². The van der Waals surface area contributed by atoms with E-state index in [1.165, 1.54) is 0 Å². The number of carbonyl (C=O) groups is 2. The van der Waals surface area contributed by atoms with Crippen molar-refractivity contribution in [1.29, 1.82) is 0 Å². The van der Waals surface area contributed by atoms with Gasteiger partial charge in [-0.1, -0.05) is 13.8 Å². The number of carbonyl (C=O) groups excluding carboxylic acids is 1. The Hall–Kier alpha value is -1.22. The second-order valence-corrected chi connectivity index (χ2v) is 4.52. The number of carboxylic acids is 1. The first-order chi connectivity index (χ1) is 9.49. The van der Waals surface area contributed by atoms with Crippen LogP contribution in [0.25, 0.3) is 0 Å². The fourth-order valence-electron chi connectivity index (χ4n) is 1.30. The predicted molar refractivity (Wildman–Crippen MR) is 72.8 cm³/mol. The first-order valence-corrected chi connectivity index (χ1v) is 6.61. The fourth-order valence-corrected chi connectivity index (χ4v) is 1.30. The van der Waals surface area contributed by atoms with Crippen LogP contribution < -0.4 is 16.6 Å². The summed E-state index contributed by atoms with van der Waals surface area (Å²) >= 11 is 0. The third-order valence-electron chi connectivity index (χ3n) is 2.41. The molecule has 0 saturated carbocycles. The number of nitrogens with two attached hydrogens (primary N) is 1. The zero-order valence-corrected chi connectivity index (χ0v) is 12.1. The molecule has 8 nitrogen and oxygen atoms in total. The van der Waals surface area contributed by atoms with E-state index in [1.54, 1.807) is 13.8 Å². The molecule has 1 amide bonds. The van der Waals surface area contributed by atoms with Crippen LogP contribution in [-0.2, 0) is 19.1 Å². The van der Waals surface area contributed by atoms with Crippen LogP contribution in [0.2, 0.25) is 0 Å². The van der Waals surface area contributed by atoms with E-state index >= 15 is 0 Å². The predicted octanol–water partition coefficient (Wildman–Crippen LogP) is -0.902. The molecule has 0 fully saturated rings. The van der Waals surface area contributed by atoms with Crippen LogP contribution >= 0.6 is 0 Å². The Kier molecular flexibility index (Phi) is 10.9. The molecule has 0 heterocycles. The summed E-state index contributed by atoms with van der Waals surface area (Å²) in [5.74, 6) is -1.46. The minimum absolute atomic E-state index is 0.135. The van der Waals surface area contributed by atoms with Gasteiger partial charge in [0.1, 0.15) is 6.04 Å². The summed E-state index contributed by atoms with van der Waals surface area (Å²) in [6, 6.07) is -0.815. The van der Waals surface area contributed by atoms with Gasteiger partial charge in [0.2, 0.25) is 5.91 Å². The van der Waals surface area contributed by atoms with Gasteiger partial charge in [-0.25, -0.2) is 5.43 Å². The van der Waals surface area contributed by atoms with Gasteiger partial charge < -0.3 is 20.3 Å². The number of aliphatic carboxylic acids is 1. The van der Waals surface area contributed by atoms with E-state index in [4.69, 9.17) is 20.3 Å². The number of ether oxygens (including phenoxy) is 2. The molecule has 0 saturated heterocycles. The lowest BCUT2D eigenvalue weighted by molar-refractivity contribution is -0.141. The van der Waals surface area contributed by atoms with Crippen molar-refractivity contribution >= 4 is 11.9 Å². The number of carboxylic acid groups (broad SMARTS) is 1. The largest absolute Gasteiger partial charge is 0.480 e. The van der Waals surface area contributed by atoms with Gasteiger partial charge in [0, 0.05) is 6.54 Å². The zero-order chi connectivity index (χ0) is 15.4. The highest BCUT2D eigenvalue weighted by molar-refractivity contribution is 5.77. The Morgan fingerprint density at radius 2 is 1.75 bits per heavy atom. The molecule has 118 valence electrons. The Labute approximate surface area is 119 Å². The van der Waals surface area contributed by atoms with Gasteiger partial charge in [-0.2, -0.15) is 0 Å². The topological polar surface area (TPSA) is 123 Å². The van der Waals surface area contributed by atoms with E-state index in [2.05, 4.69) is 10.9 Å². The lowest BCUT2D eigenvalue weighted by atomic mass is 10.1. The fraction of sp³-hybridized carbons (Fsp3) is 0.833. The Morgan fingerprint density at radius 1 is 1.15 bits per heavy atom. The first-order valence-electron chi connectivity index (χ1n) is 6.61. The molecule has 0 unspecified atom stereocenters. The van der Waals surface area contributed by atoms with Crippen LogP contribution in [0.5, 0.6) is 0 Å². The molecule has 0 aromatic heterocycles. The number of nitrogens with one attached hydrogen (secondary N) is 2. The Bertz CT molecular complexity index is 286. The maximum atomic E-state index is 11.4. The van der Waals surface area contributed by atoms with Crippen LogP contribution in [0.15, 0.2) is 0 Å². The number of hydrazine groups is 1. The molecule has 0 spiro atoms. The molecular weight excluding hydrogens is 266 g/mol. The summed E-state index contributed by atoms with van der Waals surface area (Å²) in [5.41, 5.74) is 10.1. The molecular formula is C12H25N3O5. The lowest BCUT2D eigenvalue weighted by Crippen LogP contribution is -2.50. The van der Waals surface area contributed by atoms with Crippen molar-refractivity contribution in [2.24, 2.45) is 11.7 Å². The molecule has 0 aliphatic carbocycles. The van der Waals surface area contributed by atoms with Crippen LogP contribution in [0.1, 0.15) is 20.3 Å². The van der Waals surface area contributed by atoms with E-state index in [9.17, 15) is 9.59 Å². The van der Waals surface area contributed by atoms with E-state index in [-0.39, 0.29) is 24.9 Å². The maximum Gasteiger partial charge on any atom is 0.322 e. The average molecular weight is 291 g/mol. The number of amides is 1. The van der Waals surface area contributed by atoms with Crippen LogP contribution in [0.4, 0.5) is 0 Å². The van der Waals surface area contributed by atoms with E-state index in [1.807, 2.05) is 0 Å². The van der Waals surface area contributed by atoms with Gasteiger partial charge >= 0.3 is 5.97 Å². The van der Waals surface area contributed by atoms with Crippen molar-refractivity contribution in [3.05, 3.63) is 0 Å². The molecule has 8 heteroatoms. The second-order valence-electron chi connectivity index (χ2n) is 4.52. The van der Waals surface area contributed by atoms with Crippen molar-refractivity contribution < 1.29 is 24.2 Å². The molecule has 20 heavy (non-hydrogen) atoms. The molecule has 0 aromatic rings. The summed E-state index contributed by atoms with van der Waals surface area (Å²) in [4.78, 5) is 22.3. The standard InChI is InChI=1S/C12H25N3O5/c1-9(2)11(12(17)18)15-14-10(16)3-5-19-7-8-20-6-4-13/h9,11,15H,3-8,13H2,1-2H3,(H,14,16)(H,17,18)/t11-/m0/s1. The summed E-state index contributed by atoms with van der Waals surface area (Å²) in [5, 5.41) is 8.91. The van der Waals surface area contributed by atoms with Crippen molar-refractivity contribution in [2.45, 2.75) is 26.3 Å². The second kappa shape index (κ2) is 11.6. The minimum Gasteiger partial charge on any atom is -0.480 e. The minimum atomic E-state index is -1.01. The van der Waals surface area contributed by atoms with Crippen molar-refractivity contribution in [1.82, 2.24) is 10.9 Å². The van der Waals surface area contributed by atoms with Crippen LogP contribution in [0.3, 0.4) is 0 Å². The molecule has 0 rings (SSSR count). The van der Waals surface area contributed by atoms with Gasteiger partial charge in [0.25, 0.3) is 0 Å². The molecule has 0 aliphatic rings. The van der Waals surface area contributed by atoms with Gasteiger partial charge in [-0.3, -0.25) is 15.0 Å². The molecule has 0 bridgehead atoms. The summed E-state index contributed by atoms with van der Waals surface area (Å²) in [6.07, 6.45) is 0.147. The quantitative estimate of drug-likeness (QED) is 0.271. The van der Waals surface area contributed by atoms with Crippen molar-refractivity contribution in [3.63, 3.8) is 0 Å². The summed E-state index contributed by atoms with van der Waals surface area (Å²) in [7, 11) is 0. The molecule has 1 atom stereocenters. The van der Waals surface area contributed by atoms with E-state index in [0.717, 1.165) is 0 Å². The highest BCUT2D eigenvalue weighted by atomic mass is 16.5. The third-order valence-corrected chi connectivity index (χ3v) is 2.41. The number of rotatable bonds is 12. The van der Waals surface area contributed by atoms with Crippen LogP contribution in [-0.4, -0.2) is 56.0 Å². The van der Waals surface area contributed by atoms with Gasteiger partial charge in [0.15, 0.2) is 0 Å². The van der Waals surface area contributed by atoms with Gasteiger partial charge in [0.05, 0.1) is 32.8 Å².